The van der Waals surface area contributed by atoms with E-state index in [0.29, 0.717) is 17.3 Å². The molecule has 8 atom stereocenters. The second-order valence-electron chi connectivity index (χ2n) is 12.3. The molecule has 0 radical (unpaired) electrons. The summed E-state index contributed by atoms with van der Waals surface area (Å²) in [4.78, 5) is 58.9. The average Bonchev–Trinajstić information content (AvgIpc) is 3.59. The van der Waals surface area contributed by atoms with Crippen molar-refractivity contribution >= 4 is 39.6 Å². The highest BCUT2D eigenvalue weighted by Crippen LogP contribution is 2.59. The van der Waals surface area contributed by atoms with Crippen LogP contribution in [-0.2, 0) is 35.1 Å². The van der Waals surface area contributed by atoms with Gasteiger partial charge >= 0.3 is 5.97 Å². The lowest BCUT2D eigenvalue weighted by molar-refractivity contribution is -0.159. The van der Waals surface area contributed by atoms with Crippen LogP contribution in [-0.4, -0.2) is 94.2 Å². The fourth-order valence-electron chi connectivity index (χ4n) is 7.14. The predicted octanol–water partition coefficient (Wildman–Crippen LogP) is 2.88. The quantitative estimate of drug-likeness (QED) is 0.337. The molecule has 1 aromatic carbocycles. The summed E-state index contributed by atoms with van der Waals surface area (Å²) in [6.07, 6.45) is 6.76. The van der Waals surface area contributed by atoms with E-state index in [4.69, 9.17) is 9.47 Å². The third-order valence-corrected chi connectivity index (χ3v) is 9.90. The number of esters is 1. The summed E-state index contributed by atoms with van der Waals surface area (Å²) in [5, 5.41) is 13.5. The molecule has 4 aliphatic heterocycles. The van der Waals surface area contributed by atoms with Gasteiger partial charge < -0.3 is 29.7 Å². The first-order valence-corrected chi connectivity index (χ1v) is 16.4. The molecular weight excluding hydrogens is 630 g/mol. The molecular formula is C33H42BrN3O7. The van der Waals surface area contributed by atoms with Crippen LogP contribution in [0.15, 0.2) is 53.0 Å². The van der Waals surface area contributed by atoms with Crippen molar-refractivity contribution in [3.8, 4) is 0 Å². The Morgan fingerprint density at radius 1 is 1.14 bits per heavy atom. The van der Waals surface area contributed by atoms with Gasteiger partial charge in [-0.2, -0.15) is 0 Å². The number of likely N-dealkylation sites (tertiary alicyclic amines) is 1. The van der Waals surface area contributed by atoms with Crippen LogP contribution in [0.3, 0.4) is 0 Å². The highest BCUT2D eigenvalue weighted by Gasteiger charge is 2.75. The van der Waals surface area contributed by atoms with E-state index in [1.165, 1.54) is 4.90 Å². The van der Waals surface area contributed by atoms with Gasteiger partial charge in [0.1, 0.15) is 29.8 Å². The summed E-state index contributed by atoms with van der Waals surface area (Å²) in [7, 11) is 0. The van der Waals surface area contributed by atoms with Gasteiger partial charge in [0, 0.05) is 23.5 Å². The Morgan fingerprint density at radius 2 is 1.89 bits per heavy atom. The Bertz CT molecular complexity index is 1320. The zero-order valence-corrected chi connectivity index (χ0v) is 27.1. The summed E-state index contributed by atoms with van der Waals surface area (Å²) in [6, 6.07) is 7.51. The number of allylic oxidation sites excluding steroid dienone is 1. The van der Waals surface area contributed by atoms with Crippen molar-refractivity contribution in [1.29, 1.82) is 0 Å². The van der Waals surface area contributed by atoms with Gasteiger partial charge in [-0.1, -0.05) is 71.8 Å². The number of hydrogen-bond acceptors (Lipinski definition) is 7. The minimum absolute atomic E-state index is 0.131. The lowest BCUT2D eigenvalue weighted by Crippen LogP contribution is -2.60. The Kier molecular flexibility index (Phi) is 9.96. The molecule has 0 saturated carbocycles. The first-order chi connectivity index (χ1) is 21.1. The second-order valence-corrected chi connectivity index (χ2v) is 13.2. The van der Waals surface area contributed by atoms with Crippen molar-refractivity contribution in [3.63, 3.8) is 0 Å². The van der Waals surface area contributed by atoms with Crippen molar-refractivity contribution in [2.75, 3.05) is 19.7 Å². The second kappa shape index (κ2) is 13.5. The number of carbonyl (C=O) groups excluding carboxylic acids is 4. The molecule has 4 heterocycles. The maximum absolute atomic E-state index is 14.9. The van der Waals surface area contributed by atoms with Gasteiger partial charge in [-0.25, -0.2) is 0 Å². The van der Waals surface area contributed by atoms with E-state index in [2.05, 4.69) is 28.2 Å². The number of carbonyl (C=O) groups is 4. The van der Waals surface area contributed by atoms with E-state index in [0.717, 1.165) is 18.4 Å². The van der Waals surface area contributed by atoms with Crippen LogP contribution in [0.2, 0.25) is 0 Å². The molecule has 0 aliphatic carbocycles. The number of aliphatic hydroxyl groups is 1. The smallest absolute Gasteiger partial charge is 0.313 e. The Labute approximate surface area is 266 Å². The fourth-order valence-corrected chi connectivity index (χ4v) is 7.87. The van der Waals surface area contributed by atoms with Crippen LogP contribution in [0, 0.1) is 11.8 Å². The van der Waals surface area contributed by atoms with Crippen molar-refractivity contribution in [1.82, 2.24) is 15.1 Å². The number of nitrogens with zero attached hydrogens (tertiary/aromatic N) is 2. The van der Waals surface area contributed by atoms with Crippen LogP contribution >= 0.6 is 15.9 Å². The van der Waals surface area contributed by atoms with Gasteiger partial charge in [-0.05, 0) is 44.7 Å². The number of ether oxygens (including phenoxy) is 2. The number of rotatable bonds is 7. The molecule has 1 aromatic rings. The van der Waals surface area contributed by atoms with Gasteiger partial charge in [-0.3, -0.25) is 19.2 Å². The highest BCUT2D eigenvalue weighted by molar-refractivity contribution is 9.11. The Hall–Kier alpha value is -3.02. The van der Waals surface area contributed by atoms with Gasteiger partial charge in [0.2, 0.25) is 17.7 Å². The molecule has 44 heavy (non-hydrogen) atoms. The number of halogens is 1. The number of nitrogens with one attached hydrogen (secondary N) is 1. The Balaban J connectivity index is 1.62. The monoisotopic (exact) mass is 671 g/mol. The lowest BCUT2D eigenvalue weighted by atomic mass is 9.74. The van der Waals surface area contributed by atoms with Crippen molar-refractivity contribution in [2.24, 2.45) is 11.8 Å². The third-order valence-electron chi connectivity index (χ3n) is 9.22. The third kappa shape index (κ3) is 5.98. The summed E-state index contributed by atoms with van der Waals surface area (Å²) in [6.45, 7) is 5.75. The summed E-state index contributed by atoms with van der Waals surface area (Å²) >= 11 is 3.57. The number of amides is 3. The fraction of sp³-hybridized carbons (Fsp3) is 0.576. The minimum atomic E-state index is -1.43. The number of cyclic esters (lactones) is 1. The summed E-state index contributed by atoms with van der Waals surface area (Å²) in [5.41, 5.74) is -0.521. The predicted molar refractivity (Wildman–Crippen MR) is 166 cm³/mol. The summed E-state index contributed by atoms with van der Waals surface area (Å²) in [5.74, 6) is -3.54. The highest BCUT2D eigenvalue weighted by atomic mass is 79.9. The molecule has 10 nitrogen and oxygen atoms in total. The van der Waals surface area contributed by atoms with Crippen LogP contribution in [0.5, 0.6) is 0 Å². The molecule has 2 fully saturated rings. The number of aliphatic hydroxyl groups excluding tert-OH is 1. The normalized spacial score (nSPS) is 33.0. The molecule has 5 rings (SSSR count). The van der Waals surface area contributed by atoms with E-state index >= 15 is 0 Å². The van der Waals surface area contributed by atoms with Gasteiger partial charge in [-0.15, -0.1) is 0 Å². The molecule has 1 unspecified atom stereocenters. The first-order valence-electron chi connectivity index (χ1n) is 15.6. The van der Waals surface area contributed by atoms with Crippen LogP contribution in [0.1, 0.15) is 52.0 Å². The van der Waals surface area contributed by atoms with Crippen LogP contribution < -0.4 is 5.32 Å². The molecule has 1 spiro atoms. The largest absolute Gasteiger partial charge is 0.460 e. The molecule has 5 bridgehead atoms. The van der Waals surface area contributed by atoms with E-state index in [1.807, 2.05) is 49.4 Å². The van der Waals surface area contributed by atoms with Gasteiger partial charge in [0.25, 0.3) is 0 Å². The van der Waals surface area contributed by atoms with Crippen LogP contribution in [0.4, 0.5) is 0 Å². The number of hydrogen-bond donors (Lipinski definition) is 2. The standard InChI is InChI=1S/C33H42BrN3O7/c1-4-11-20(2)36-15-10-6-9-14-25(39)35-18-21(3)43-32(42)26-27-30(40)37(23(19-38)16-22-12-7-5-8-13-22)29(31(36)41)33(27)17-24(34)28(26)44-33/h5-8,10,12-13,17,20-21,23,26-29,38H,4,9,11,14-16,18-19H2,1-3H3,(H,35,39)/b10-6-/t20?,21-,23+,26+,27-,28+,29+,33-/m0/s1. The average molecular weight is 673 g/mol. The van der Waals surface area contributed by atoms with E-state index in [1.54, 1.807) is 17.9 Å². The zero-order chi connectivity index (χ0) is 31.6. The van der Waals surface area contributed by atoms with Crippen LogP contribution in [0.25, 0.3) is 0 Å². The maximum atomic E-state index is 14.9. The van der Waals surface area contributed by atoms with E-state index in [9.17, 15) is 24.3 Å². The topological polar surface area (TPSA) is 125 Å². The van der Waals surface area contributed by atoms with Crippen molar-refractivity contribution in [3.05, 3.63) is 58.6 Å². The van der Waals surface area contributed by atoms with Gasteiger partial charge in [0.15, 0.2) is 0 Å². The minimum Gasteiger partial charge on any atom is -0.460 e. The first kappa shape index (κ1) is 32.4. The molecule has 0 aromatic heterocycles. The molecule has 2 saturated heterocycles. The zero-order valence-electron chi connectivity index (χ0n) is 25.5. The van der Waals surface area contributed by atoms with Gasteiger partial charge in [0.05, 0.1) is 25.1 Å². The van der Waals surface area contributed by atoms with E-state index in [-0.39, 0.29) is 44.0 Å². The molecule has 238 valence electrons. The number of fused-ring (bicyclic) bond motifs is 2. The van der Waals surface area contributed by atoms with E-state index < -0.39 is 53.6 Å². The SMILES string of the molecule is CCCC(C)N1C/C=C\CCC(=O)NC[C@H](C)OC(=O)[C@H]2[C@@H]3O[C@@]4(C=C3Br)[C@@H]2C(=O)N([C@@H](CO)Cc2ccccc2)[C@@H]4C1=O. The number of benzene rings is 1. The molecule has 2 N–H and O–H groups in total. The maximum Gasteiger partial charge on any atom is 0.313 e. The van der Waals surface area contributed by atoms with Crippen molar-refractivity contribution in [2.45, 2.75) is 88.8 Å². The lowest BCUT2D eigenvalue weighted by Gasteiger charge is -2.40. The molecule has 3 amide bonds. The molecule has 4 aliphatic rings. The van der Waals surface area contributed by atoms with Crippen molar-refractivity contribution < 1.29 is 33.8 Å². The molecule has 11 heteroatoms. The summed E-state index contributed by atoms with van der Waals surface area (Å²) < 4.78 is 12.9. The Morgan fingerprint density at radius 3 is 2.59 bits per heavy atom.